The average Bonchev–Trinajstić information content (AvgIpc) is 2.81. The second kappa shape index (κ2) is 8.99. The van der Waals surface area contributed by atoms with Crippen LogP contribution >= 0.6 is 11.8 Å². The van der Waals surface area contributed by atoms with Crippen LogP contribution in [0.4, 0.5) is 0 Å². The molecule has 0 radical (unpaired) electrons. The number of carbonyl (C=O) groups is 1. The quantitative estimate of drug-likeness (QED) is 0.637. The zero-order valence-electron chi connectivity index (χ0n) is 10.6. The van der Waals surface area contributed by atoms with Crippen molar-refractivity contribution in [2.24, 2.45) is 0 Å². The molecule has 5 nitrogen and oxygen atoms in total. The van der Waals surface area contributed by atoms with E-state index in [1.807, 2.05) is 11.8 Å². The molecule has 2 N–H and O–H groups in total. The van der Waals surface area contributed by atoms with Gasteiger partial charge in [-0.15, -0.1) is 0 Å². The van der Waals surface area contributed by atoms with E-state index in [2.05, 4.69) is 16.7 Å². The Kier molecular flexibility index (Phi) is 7.52. The van der Waals surface area contributed by atoms with Gasteiger partial charge in [0, 0.05) is 6.07 Å². The summed E-state index contributed by atoms with van der Waals surface area (Å²) in [6, 6.07) is 1.45. The molecule has 1 rings (SSSR count). The summed E-state index contributed by atoms with van der Waals surface area (Å²) < 4.78 is 4.89. The number of thioether (sulfide) groups is 1. The number of nitrogens with zero attached hydrogens (tertiary/aromatic N) is 1. The van der Waals surface area contributed by atoms with Gasteiger partial charge in [-0.1, -0.05) is 18.0 Å². The molecule has 0 atom stereocenters. The number of hydrogen-bond donors (Lipinski definition) is 2. The second-order valence-electron chi connectivity index (χ2n) is 4.07. The molecule has 0 saturated carbocycles. The molecular formula is C12H20N2O3S. The monoisotopic (exact) mass is 272 g/mol. The maximum Gasteiger partial charge on any atom is 0.358 e. The SMILES string of the molecule is CSCCCCCCNCc1cc(C(=O)O)no1. The van der Waals surface area contributed by atoms with E-state index in [9.17, 15) is 4.79 Å². The van der Waals surface area contributed by atoms with Crippen LogP contribution in [0.5, 0.6) is 0 Å². The minimum absolute atomic E-state index is 0.0381. The Hall–Kier alpha value is -1.01. The van der Waals surface area contributed by atoms with Crippen LogP contribution in [0.1, 0.15) is 41.9 Å². The number of carboxylic acids is 1. The number of carboxylic acid groups (broad SMARTS) is 1. The molecule has 1 aromatic heterocycles. The fourth-order valence-corrected chi connectivity index (χ4v) is 2.05. The van der Waals surface area contributed by atoms with Crippen LogP contribution in [0.15, 0.2) is 10.6 Å². The van der Waals surface area contributed by atoms with Crippen LogP contribution in [0, 0.1) is 0 Å². The lowest BCUT2D eigenvalue weighted by Crippen LogP contribution is -2.14. The van der Waals surface area contributed by atoms with E-state index < -0.39 is 5.97 Å². The Morgan fingerprint density at radius 2 is 2.22 bits per heavy atom. The van der Waals surface area contributed by atoms with Gasteiger partial charge in [-0.25, -0.2) is 4.79 Å². The van der Waals surface area contributed by atoms with Gasteiger partial charge >= 0.3 is 5.97 Å². The molecule has 0 aliphatic heterocycles. The van der Waals surface area contributed by atoms with Crippen molar-refractivity contribution in [2.75, 3.05) is 18.6 Å². The number of hydrogen-bond acceptors (Lipinski definition) is 5. The molecule has 0 spiro atoms. The van der Waals surface area contributed by atoms with E-state index in [0.29, 0.717) is 12.3 Å². The van der Waals surface area contributed by atoms with E-state index in [1.165, 1.54) is 31.1 Å². The molecule has 0 unspecified atom stereocenters. The van der Waals surface area contributed by atoms with Crippen molar-refractivity contribution in [1.29, 1.82) is 0 Å². The van der Waals surface area contributed by atoms with Crippen LogP contribution in [0.25, 0.3) is 0 Å². The smallest absolute Gasteiger partial charge is 0.358 e. The molecule has 0 aliphatic rings. The maximum atomic E-state index is 10.6. The molecular weight excluding hydrogens is 252 g/mol. The lowest BCUT2D eigenvalue weighted by Gasteiger charge is -2.02. The number of aromatic carboxylic acids is 1. The van der Waals surface area contributed by atoms with E-state index in [4.69, 9.17) is 9.63 Å². The first-order valence-corrected chi connectivity index (χ1v) is 7.52. The Balaban J connectivity index is 2.02. The van der Waals surface area contributed by atoms with E-state index >= 15 is 0 Å². The largest absolute Gasteiger partial charge is 0.476 e. The lowest BCUT2D eigenvalue weighted by molar-refractivity contribution is 0.0685. The van der Waals surface area contributed by atoms with E-state index in [1.54, 1.807) is 0 Å². The van der Waals surface area contributed by atoms with Crippen LogP contribution in [-0.4, -0.2) is 34.8 Å². The average molecular weight is 272 g/mol. The van der Waals surface area contributed by atoms with Gasteiger partial charge in [-0.2, -0.15) is 11.8 Å². The van der Waals surface area contributed by atoms with Gasteiger partial charge in [0.25, 0.3) is 0 Å². The van der Waals surface area contributed by atoms with Crippen molar-refractivity contribution in [3.05, 3.63) is 17.5 Å². The first kappa shape index (κ1) is 15.0. The summed E-state index contributed by atoms with van der Waals surface area (Å²) in [4.78, 5) is 10.6. The van der Waals surface area contributed by atoms with Gasteiger partial charge in [0.1, 0.15) is 0 Å². The summed E-state index contributed by atoms with van der Waals surface area (Å²) in [5, 5.41) is 15.3. The van der Waals surface area contributed by atoms with Crippen molar-refractivity contribution in [3.63, 3.8) is 0 Å². The Morgan fingerprint density at radius 3 is 2.89 bits per heavy atom. The van der Waals surface area contributed by atoms with Crippen LogP contribution in [-0.2, 0) is 6.54 Å². The van der Waals surface area contributed by atoms with Gasteiger partial charge in [0.15, 0.2) is 11.5 Å². The topological polar surface area (TPSA) is 75.4 Å². The molecule has 0 saturated heterocycles. The van der Waals surface area contributed by atoms with Crippen molar-refractivity contribution in [1.82, 2.24) is 10.5 Å². The first-order chi connectivity index (χ1) is 8.74. The van der Waals surface area contributed by atoms with Crippen molar-refractivity contribution < 1.29 is 14.4 Å². The van der Waals surface area contributed by atoms with Gasteiger partial charge < -0.3 is 14.9 Å². The van der Waals surface area contributed by atoms with E-state index in [0.717, 1.165) is 13.0 Å². The number of rotatable bonds is 10. The van der Waals surface area contributed by atoms with Gasteiger partial charge in [-0.05, 0) is 31.4 Å². The van der Waals surface area contributed by atoms with Crippen molar-refractivity contribution in [3.8, 4) is 0 Å². The van der Waals surface area contributed by atoms with Gasteiger partial charge in [0.05, 0.1) is 6.54 Å². The predicted molar refractivity (Wildman–Crippen MR) is 72.0 cm³/mol. The minimum Gasteiger partial charge on any atom is -0.476 e. The van der Waals surface area contributed by atoms with Crippen molar-refractivity contribution >= 4 is 17.7 Å². The standard InChI is InChI=1S/C12H20N2O3S/c1-18-7-5-3-2-4-6-13-9-10-8-11(12(15)16)14-17-10/h8,13H,2-7,9H2,1H3,(H,15,16). The molecule has 0 bridgehead atoms. The molecule has 0 aromatic carbocycles. The highest BCUT2D eigenvalue weighted by Gasteiger charge is 2.09. The fraction of sp³-hybridized carbons (Fsp3) is 0.667. The highest BCUT2D eigenvalue weighted by Crippen LogP contribution is 2.05. The molecule has 0 amide bonds. The molecule has 0 fully saturated rings. The Bertz CT molecular complexity index is 355. The second-order valence-corrected chi connectivity index (χ2v) is 5.05. The zero-order chi connectivity index (χ0) is 13.2. The molecule has 0 aliphatic carbocycles. The summed E-state index contributed by atoms with van der Waals surface area (Å²) in [5.41, 5.74) is -0.0381. The summed E-state index contributed by atoms with van der Waals surface area (Å²) in [7, 11) is 0. The predicted octanol–water partition coefficient (Wildman–Crippen LogP) is 2.39. The molecule has 1 aromatic rings. The van der Waals surface area contributed by atoms with E-state index in [-0.39, 0.29) is 5.69 Å². The van der Waals surface area contributed by atoms with Crippen LogP contribution in [0.3, 0.4) is 0 Å². The molecule has 1 heterocycles. The fourth-order valence-electron chi connectivity index (χ4n) is 1.56. The number of nitrogens with one attached hydrogen (secondary N) is 1. The third-order valence-electron chi connectivity index (χ3n) is 2.53. The third kappa shape index (κ3) is 6.07. The summed E-state index contributed by atoms with van der Waals surface area (Å²) in [6.45, 7) is 1.45. The normalized spacial score (nSPS) is 10.7. The van der Waals surface area contributed by atoms with Crippen molar-refractivity contribution in [2.45, 2.75) is 32.2 Å². The third-order valence-corrected chi connectivity index (χ3v) is 3.23. The minimum atomic E-state index is -1.06. The lowest BCUT2D eigenvalue weighted by atomic mass is 10.2. The number of aromatic nitrogens is 1. The summed E-state index contributed by atoms with van der Waals surface area (Å²) in [5.74, 6) is 0.747. The molecule has 18 heavy (non-hydrogen) atoms. The first-order valence-electron chi connectivity index (χ1n) is 6.12. The summed E-state index contributed by atoms with van der Waals surface area (Å²) >= 11 is 1.89. The van der Waals surface area contributed by atoms with Crippen LogP contribution < -0.4 is 5.32 Å². The number of unbranched alkanes of at least 4 members (excludes halogenated alkanes) is 3. The van der Waals surface area contributed by atoms with Gasteiger partial charge in [-0.3, -0.25) is 0 Å². The van der Waals surface area contributed by atoms with Gasteiger partial charge in [0.2, 0.25) is 0 Å². The Labute approximate surface area is 111 Å². The highest BCUT2D eigenvalue weighted by molar-refractivity contribution is 7.98. The Morgan fingerprint density at radius 1 is 1.44 bits per heavy atom. The zero-order valence-corrected chi connectivity index (χ0v) is 11.5. The summed E-state index contributed by atoms with van der Waals surface area (Å²) in [6.07, 6.45) is 7.04. The van der Waals surface area contributed by atoms with Crippen LogP contribution in [0.2, 0.25) is 0 Å². The highest BCUT2D eigenvalue weighted by atomic mass is 32.2. The molecule has 6 heteroatoms. The molecule has 102 valence electrons. The maximum absolute atomic E-state index is 10.6.